The van der Waals surface area contributed by atoms with Crippen LogP contribution in [0.2, 0.25) is 0 Å². The highest BCUT2D eigenvalue weighted by atomic mass is 32.2. The first-order valence-corrected chi connectivity index (χ1v) is 15.2. The third kappa shape index (κ3) is 6.10. The Morgan fingerprint density at radius 3 is 2.42 bits per heavy atom. The Morgan fingerprint density at radius 1 is 1.12 bits per heavy atom. The number of aryl methyl sites for hydroxylation is 1. The average Bonchev–Trinajstić information content (AvgIpc) is 3.14. The van der Waals surface area contributed by atoms with E-state index >= 15 is 0 Å². The summed E-state index contributed by atoms with van der Waals surface area (Å²) in [7, 11) is -1.86. The third-order valence-electron chi connectivity index (χ3n) is 7.53. The van der Waals surface area contributed by atoms with E-state index in [0.29, 0.717) is 24.9 Å². The summed E-state index contributed by atoms with van der Waals surface area (Å²) in [6, 6.07) is 15.3. The maximum absolute atomic E-state index is 14.0. The fourth-order valence-electron chi connectivity index (χ4n) is 5.41. The SMILES string of the molecule is CN1N=C2CCN(C(=O)[C@@H](CCc3ccccc3S(C)(=O)=O)NC(=O)C(C)(C)N)C[C@@]2(Cc2ccccc2)C1=O. The molecule has 2 heterocycles. The van der Waals surface area contributed by atoms with Gasteiger partial charge < -0.3 is 16.0 Å². The molecule has 0 aliphatic carbocycles. The molecule has 3 amide bonds. The largest absolute Gasteiger partial charge is 0.343 e. The standard InChI is InChI=1S/C29H37N5O5S/c1-28(2,30)26(36)31-22(15-14-21-12-8-9-13-23(21)40(4,38)39)25(35)34-17-16-24-29(19-34,27(37)33(3)32-24)18-20-10-6-5-7-11-20/h5-13,22H,14-19,30H2,1-4H3,(H,31,36)/t22-,29-/m1/s1. The first-order valence-electron chi connectivity index (χ1n) is 13.3. The van der Waals surface area contributed by atoms with Crippen LogP contribution in [0, 0.1) is 5.41 Å². The number of carbonyl (C=O) groups excluding carboxylic acids is 3. The Morgan fingerprint density at radius 2 is 1.77 bits per heavy atom. The van der Waals surface area contributed by atoms with Gasteiger partial charge in [0, 0.05) is 32.8 Å². The molecule has 2 aromatic carbocycles. The second-order valence-electron chi connectivity index (χ2n) is 11.3. The number of fused-ring (bicyclic) bond motifs is 1. The van der Waals surface area contributed by atoms with Crippen LogP contribution in [0.15, 0.2) is 64.6 Å². The Bertz CT molecular complexity index is 1430. The number of hydrogen-bond acceptors (Lipinski definition) is 7. The van der Waals surface area contributed by atoms with Crippen molar-refractivity contribution < 1.29 is 22.8 Å². The van der Waals surface area contributed by atoms with Gasteiger partial charge in [-0.05, 0) is 50.3 Å². The molecule has 2 atom stereocenters. The van der Waals surface area contributed by atoms with Crippen LogP contribution in [0.5, 0.6) is 0 Å². The van der Waals surface area contributed by atoms with Gasteiger partial charge in [0.05, 0.1) is 16.1 Å². The van der Waals surface area contributed by atoms with Crippen molar-refractivity contribution in [3.8, 4) is 0 Å². The molecule has 40 heavy (non-hydrogen) atoms. The predicted octanol–water partition coefficient (Wildman–Crippen LogP) is 1.53. The van der Waals surface area contributed by atoms with E-state index in [4.69, 9.17) is 5.73 Å². The highest BCUT2D eigenvalue weighted by molar-refractivity contribution is 7.90. The minimum atomic E-state index is -3.49. The number of likely N-dealkylation sites (tertiary alicyclic amines) is 1. The Kier molecular flexibility index (Phi) is 8.18. The molecule has 0 saturated carbocycles. The molecular formula is C29H37N5O5S. The van der Waals surface area contributed by atoms with Crippen molar-refractivity contribution >= 4 is 33.3 Å². The number of amides is 3. The summed E-state index contributed by atoms with van der Waals surface area (Å²) in [5.74, 6) is -1.02. The quantitative estimate of drug-likeness (QED) is 0.471. The van der Waals surface area contributed by atoms with E-state index in [1.807, 2.05) is 30.3 Å². The molecule has 4 rings (SSSR count). The number of piperidine rings is 1. The van der Waals surface area contributed by atoms with Crippen LogP contribution in [0.3, 0.4) is 0 Å². The molecule has 1 saturated heterocycles. The fraction of sp³-hybridized carbons (Fsp3) is 0.448. The lowest BCUT2D eigenvalue weighted by Crippen LogP contribution is -2.60. The summed E-state index contributed by atoms with van der Waals surface area (Å²) in [4.78, 5) is 42.2. The monoisotopic (exact) mass is 567 g/mol. The lowest BCUT2D eigenvalue weighted by Gasteiger charge is -2.41. The first kappa shape index (κ1) is 29.4. The summed E-state index contributed by atoms with van der Waals surface area (Å²) >= 11 is 0. The van der Waals surface area contributed by atoms with Gasteiger partial charge in [0.15, 0.2) is 9.84 Å². The molecule has 0 bridgehead atoms. The van der Waals surface area contributed by atoms with Gasteiger partial charge in [0.25, 0.3) is 5.91 Å². The van der Waals surface area contributed by atoms with E-state index in [9.17, 15) is 22.8 Å². The second-order valence-corrected chi connectivity index (χ2v) is 13.3. The zero-order valence-electron chi connectivity index (χ0n) is 23.4. The molecule has 0 unspecified atom stereocenters. The number of hydrogen-bond donors (Lipinski definition) is 2. The molecular weight excluding hydrogens is 530 g/mol. The van der Waals surface area contributed by atoms with Crippen molar-refractivity contribution in [3.63, 3.8) is 0 Å². The average molecular weight is 568 g/mol. The highest BCUT2D eigenvalue weighted by Gasteiger charge is 2.53. The molecule has 0 radical (unpaired) electrons. The summed E-state index contributed by atoms with van der Waals surface area (Å²) in [5, 5.41) is 8.65. The molecule has 0 aromatic heterocycles. The van der Waals surface area contributed by atoms with Crippen LogP contribution >= 0.6 is 0 Å². The second kappa shape index (κ2) is 11.1. The van der Waals surface area contributed by atoms with Gasteiger partial charge in [0.1, 0.15) is 11.5 Å². The molecule has 0 spiro atoms. The van der Waals surface area contributed by atoms with Crippen molar-refractivity contribution in [2.75, 3.05) is 26.4 Å². The Labute approximate surface area is 235 Å². The van der Waals surface area contributed by atoms with Gasteiger partial charge in [-0.25, -0.2) is 13.4 Å². The van der Waals surface area contributed by atoms with Gasteiger partial charge in [-0.3, -0.25) is 14.4 Å². The topological polar surface area (TPSA) is 142 Å². The molecule has 2 aliphatic heterocycles. The third-order valence-corrected chi connectivity index (χ3v) is 8.73. The number of rotatable bonds is 9. The van der Waals surface area contributed by atoms with Crippen LogP contribution in [0.4, 0.5) is 0 Å². The van der Waals surface area contributed by atoms with Crippen LogP contribution in [-0.2, 0) is 37.1 Å². The minimum Gasteiger partial charge on any atom is -0.343 e. The Balaban J connectivity index is 1.62. The van der Waals surface area contributed by atoms with Crippen molar-refractivity contribution in [1.29, 1.82) is 0 Å². The van der Waals surface area contributed by atoms with Crippen LogP contribution < -0.4 is 11.1 Å². The zero-order chi connectivity index (χ0) is 29.3. The van der Waals surface area contributed by atoms with E-state index in [1.165, 1.54) is 11.1 Å². The fourth-order valence-corrected chi connectivity index (χ4v) is 6.38. The highest BCUT2D eigenvalue weighted by Crippen LogP contribution is 2.38. The van der Waals surface area contributed by atoms with Crippen molar-refractivity contribution in [2.45, 2.75) is 56.0 Å². The number of nitrogens with zero attached hydrogens (tertiary/aromatic N) is 3. The number of carbonyl (C=O) groups is 3. The first-order chi connectivity index (χ1) is 18.7. The minimum absolute atomic E-state index is 0.126. The summed E-state index contributed by atoms with van der Waals surface area (Å²) in [6.45, 7) is 3.57. The maximum Gasteiger partial charge on any atom is 0.256 e. The normalized spacial score (nSPS) is 20.1. The molecule has 10 nitrogen and oxygen atoms in total. The summed E-state index contributed by atoms with van der Waals surface area (Å²) in [5.41, 5.74) is 6.07. The molecule has 2 aromatic rings. The summed E-state index contributed by atoms with van der Waals surface area (Å²) in [6.07, 6.45) is 2.36. The number of benzene rings is 2. The number of hydrazone groups is 1. The number of nitrogens with two attached hydrogens (primary N) is 1. The van der Waals surface area contributed by atoms with Gasteiger partial charge in [-0.2, -0.15) is 5.10 Å². The van der Waals surface area contributed by atoms with Gasteiger partial charge >= 0.3 is 0 Å². The molecule has 214 valence electrons. The predicted molar refractivity (Wildman–Crippen MR) is 152 cm³/mol. The van der Waals surface area contributed by atoms with Crippen molar-refractivity contribution in [2.24, 2.45) is 16.3 Å². The molecule has 1 fully saturated rings. The van der Waals surface area contributed by atoms with E-state index in [-0.39, 0.29) is 36.1 Å². The smallest absolute Gasteiger partial charge is 0.256 e. The number of nitrogens with one attached hydrogen (secondary N) is 1. The summed E-state index contributed by atoms with van der Waals surface area (Å²) < 4.78 is 24.7. The van der Waals surface area contributed by atoms with Crippen LogP contribution in [-0.4, -0.2) is 79.7 Å². The van der Waals surface area contributed by atoms with E-state index in [0.717, 1.165) is 17.5 Å². The Hall–Kier alpha value is -3.57. The van der Waals surface area contributed by atoms with E-state index in [1.54, 1.807) is 44.0 Å². The van der Waals surface area contributed by atoms with Crippen molar-refractivity contribution in [3.05, 3.63) is 65.7 Å². The van der Waals surface area contributed by atoms with Gasteiger partial charge in [-0.15, -0.1) is 0 Å². The molecule has 11 heteroatoms. The van der Waals surface area contributed by atoms with Gasteiger partial charge in [0.2, 0.25) is 11.8 Å². The lowest BCUT2D eigenvalue weighted by molar-refractivity contribution is -0.142. The van der Waals surface area contributed by atoms with Crippen molar-refractivity contribution in [1.82, 2.24) is 15.2 Å². The van der Waals surface area contributed by atoms with Crippen LogP contribution in [0.1, 0.15) is 37.8 Å². The molecule has 2 aliphatic rings. The maximum atomic E-state index is 14.0. The van der Waals surface area contributed by atoms with E-state index < -0.39 is 32.7 Å². The molecule has 3 N–H and O–H groups in total. The number of sulfone groups is 1. The zero-order valence-corrected chi connectivity index (χ0v) is 24.2. The lowest BCUT2D eigenvalue weighted by atomic mass is 9.73. The van der Waals surface area contributed by atoms with Crippen LogP contribution in [0.25, 0.3) is 0 Å². The van der Waals surface area contributed by atoms with Gasteiger partial charge in [-0.1, -0.05) is 48.5 Å². The van der Waals surface area contributed by atoms with E-state index in [2.05, 4.69) is 10.4 Å².